The van der Waals surface area contributed by atoms with E-state index in [2.05, 4.69) is 0 Å². The van der Waals surface area contributed by atoms with Gasteiger partial charge in [0.25, 0.3) is 5.91 Å². The van der Waals surface area contributed by atoms with E-state index in [-0.39, 0.29) is 24.3 Å². The predicted molar refractivity (Wildman–Crippen MR) is 91.0 cm³/mol. The van der Waals surface area contributed by atoms with Gasteiger partial charge >= 0.3 is 5.97 Å². The highest BCUT2D eigenvalue weighted by molar-refractivity contribution is 5.81. The molecule has 138 valence electrons. The number of rotatable bonds is 7. The number of carbonyl (C=O) groups is 2. The van der Waals surface area contributed by atoms with Crippen molar-refractivity contribution < 1.29 is 23.8 Å². The second kappa shape index (κ2) is 8.80. The molecule has 1 heterocycles. The van der Waals surface area contributed by atoms with Crippen LogP contribution in [0.2, 0.25) is 0 Å². The lowest BCUT2D eigenvalue weighted by Crippen LogP contribution is -2.50. The van der Waals surface area contributed by atoms with Gasteiger partial charge in [-0.15, -0.1) is 0 Å². The summed E-state index contributed by atoms with van der Waals surface area (Å²) in [6.45, 7) is 5.49. The SMILES string of the molecule is CCN(CC(=O)O)C1CCN(C(=O)C(C)Oc2ccc(F)cc2)CC1. The van der Waals surface area contributed by atoms with Crippen molar-refractivity contribution in [2.24, 2.45) is 0 Å². The fourth-order valence-corrected chi connectivity index (χ4v) is 3.15. The van der Waals surface area contributed by atoms with Crippen molar-refractivity contribution in [1.82, 2.24) is 9.80 Å². The first-order chi connectivity index (χ1) is 11.9. The molecule has 1 aliphatic rings. The molecule has 1 unspecified atom stereocenters. The molecule has 2 rings (SSSR count). The van der Waals surface area contributed by atoms with Crippen molar-refractivity contribution in [3.63, 3.8) is 0 Å². The molecule has 0 saturated carbocycles. The van der Waals surface area contributed by atoms with Crippen molar-refractivity contribution in [3.8, 4) is 5.75 Å². The maximum absolute atomic E-state index is 12.9. The fraction of sp³-hybridized carbons (Fsp3) is 0.556. The summed E-state index contributed by atoms with van der Waals surface area (Å²) in [5, 5.41) is 8.97. The average Bonchev–Trinajstić information content (AvgIpc) is 2.61. The van der Waals surface area contributed by atoms with Gasteiger partial charge in [0.05, 0.1) is 6.54 Å². The van der Waals surface area contributed by atoms with Crippen molar-refractivity contribution in [3.05, 3.63) is 30.1 Å². The number of nitrogens with zero attached hydrogens (tertiary/aromatic N) is 2. The van der Waals surface area contributed by atoms with Crippen LogP contribution in [0.25, 0.3) is 0 Å². The monoisotopic (exact) mass is 352 g/mol. The third kappa shape index (κ3) is 5.42. The molecule has 25 heavy (non-hydrogen) atoms. The minimum absolute atomic E-state index is 0.0270. The molecule has 1 aliphatic heterocycles. The standard InChI is InChI=1S/C18H25FN2O4/c1-3-20(12-17(22)23)15-8-10-21(11-9-15)18(24)13(2)25-16-6-4-14(19)5-7-16/h4-7,13,15H,3,8-12H2,1-2H3,(H,22,23). The van der Waals surface area contributed by atoms with Crippen LogP contribution >= 0.6 is 0 Å². The minimum atomic E-state index is -0.832. The van der Waals surface area contributed by atoms with Gasteiger partial charge in [-0.25, -0.2) is 4.39 Å². The summed E-state index contributed by atoms with van der Waals surface area (Å²) in [5.41, 5.74) is 0. The second-order valence-corrected chi connectivity index (χ2v) is 6.23. The molecule has 1 fully saturated rings. The summed E-state index contributed by atoms with van der Waals surface area (Å²) in [5.74, 6) is -0.836. The minimum Gasteiger partial charge on any atom is -0.481 e. The first-order valence-electron chi connectivity index (χ1n) is 8.57. The highest BCUT2D eigenvalue weighted by Crippen LogP contribution is 2.19. The van der Waals surface area contributed by atoms with Crippen LogP contribution in [0, 0.1) is 5.82 Å². The lowest BCUT2D eigenvalue weighted by molar-refractivity contribution is -0.142. The summed E-state index contributed by atoms with van der Waals surface area (Å²) in [6.07, 6.45) is 0.843. The molecule has 0 radical (unpaired) electrons. The molecule has 0 aliphatic carbocycles. The summed E-state index contributed by atoms with van der Waals surface area (Å²) in [7, 11) is 0. The fourth-order valence-electron chi connectivity index (χ4n) is 3.15. The number of hydrogen-bond donors (Lipinski definition) is 1. The third-order valence-corrected chi connectivity index (χ3v) is 4.51. The molecule has 6 nitrogen and oxygen atoms in total. The zero-order valence-electron chi connectivity index (χ0n) is 14.7. The summed E-state index contributed by atoms with van der Waals surface area (Å²) in [6, 6.07) is 5.75. The molecule has 0 spiro atoms. The number of amides is 1. The topological polar surface area (TPSA) is 70.1 Å². The number of piperidine rings is 1. The first-order valence-corrected chi connectivity index (χ1v) is 8.57. The quantitative estimate of drug-likeness (QED) is 0.813. The Bertz CT molecular complexity index is 585. The smallest absolute Gasteiger partial charge is 0.317 e. The number of carbonyl (C=O) groups excluding carboxylic acids is 1. The number of halogens is 1. The Morgan fingerprint density at radius 2 is 1.92 bits per heavy atom. The van der Waals surface area contributed by atoms with Crippen molar-refractivity contribution in [2.45, 2.75) is 38.8 Å². The van der Waals surface area contributed by atoms with E-state index in [4.69, 9.17) is 9.84 Å². The molecule has 1 aromatic carbocycles. The first kappa shape index (κ1) is 19.2. The van der Waals surface area contributed by atoms with Gasteiger partial charge < -0.3 is 14.7 Å². The highest BCUT2D eigenvalue weighted by Gasteiger charge is 2.29. The van der Waals surface area contributed by atoms with E-state index in [9.17, 15) is 14.0 Å². The van der Waals surface area contributed by atoms with E-state index < -0.39 is 12.1 Å². The molecule has 1 aromatic rings. The van der Waals surface area contributed by atoms with Crippen molar-refractivity contribution >= 4 is 11.9 Å². The van der Waals surface area contributed by atoms with Gasteiger partial charge in [0.1, 0.15) is 11.6 Å². The van der Waals surface area contributed by atoms with Crippen LogP contribution in [0.4, 0.5) is 4.39 Å². The Morgan fingerprint density at radius 1 is 1.32 bits per heavy atom. The van der Waals surface area contributed by atoms with E-state index >= 15 is 0 Å². The largest absolute Gasteiger partial charge is 0.481 e. The van der Waals surface area contributed by atoms with E-state index in [0.717, 1.165) is 12.8 Å². The highest BCUT2D eigenvalue weighted by atomic mass is 19.1. The molecule has 1 saturated heterocycles. The third-order valence-electron chi connectivity index (χ3n) is 4.51. The van der Waals surface area contributed by atoms with Gasteiger partial charge in [-0.2, -0.15) is 0 Å². The van der Waals surface area contributed by atoms with Crippen LogP contribution in [0.5, 0.6) is 5.75 Å². The van der Waals surface area contributed by atoms with Crippen LogP contribution in [0.1, 0.15) is 26.7 Å². The van der Waals surface area contributed by atoms with Crippen LogP contribution in [0.3, 0.4) is 0 Å². The summed E-state index contributed by atoms with van der Waals surface area (Å²) in [4.78, 5) is 27.1. The Kier molecular flexibility index (Phi) is 6.75. The Morgan fingerprint density at radius 3 is 2.44 bits per heavy atom. The van der Waals surface area contributed by atoms with E-state index in [1.807, 2.05) is 11.8 Å². The number of carboxylic acids is 1. The number of benzene rings is 1. The van der Waals surface area contributed by atoms with Gasteiger partial charge in [0.15, 0.2) is 6.10 Å². The van der Waals surface area contributed by atoms with Crippen molar-refractivity contribution in [1.29, 1.82) is 0 Å². The van der Waals surface area contributed by atoms with Crippen LogP contribution in [0.15, 0.2) is 24.3 Å². The molecule has 1 amide bonds. The lowest BCUT2D eigenvalue weighted by atomic mass is 10.0. The number of hydrogen-bond acceptors (Lipinski definition) is 4. The normalized spacial score (nSPS) is 16.7. The molecule has 1 N–H and O–H groups in total. The second-order valence-electron chi connectivity index (χ2n) is 6.23. The number of likely N-dealkylation sites (tertiary alicyclic amines) is 1. The van der Waals surface area contributed by atoms with E-state index in [1.165, 1.54) is 24.3 Å². The molecular formula is C18H25FN2O4. The Balaban J connectivity index is 1.85. The van der Waals surface area contributed by atoms with Gasteiger partial charge in [0, 0.05) is 19.1 Å². The number of aliphatic carboxylic acids is 1. The van der Waals surface area contributed by atoms with E-state index in [1.54, 1.807) is 11.8 Å². The molecule has 0 bridgehead atoms. The van der Waals surface area contributed by atoms with Gasteiger partial charge in [-0.3, -0.25) is 14.5 Å². The average molecular weight is 352 g/mol. The molecule has 1 atom stereocenters. The maximum Gasteiger partial charge on any atom is 0.317 e. The molecular weight excluding hydrogens is 327 g/mol. The summed E-state index contributed by atoms with van der Waals surface area (Å²) >= 11 is 0. The van der Waals surface area contributed by atoms with Crippen molar-refractivity contribution in [2.75, 3.05) is 26.2 Å². The number of carboxylic acid groups (broad SMARTS) is 1. The predicted octanol–water partition coefficient (Wildman–Crippen LogP) is 1.99. The Labute approximate surface area is 147 Å². The number of likely N-dealkylation sites (N-methyl/N-ethyl adjacent to an activating group) is 1. The number of ether oxygens (including phenoxy) is 1. The van der Waals surface area contributed by atoms with Crippen LogP contribution in [-0.2, 0) is 9.59 Å². The van der Waals surface area contributed by atoms with Gasteiger partial charge in [-0.05, 0) is 50.6 Å². The van der Waals surface area contributed by atoms with E-state index in [0.29, 0.717) is 25.4 Å². The zero-order valence-corrected chi connectivity index (χ0v) is 14.7. The summed E-state index contributed by atoms with van der Waals surface area (Å²) < 4.78 is 18.5. The van der Waals surface area contributed by atoms with Gasteiger partial charge in [0.2, 0.25) is 0 Å². The molecule has 0 aromatic heterocycles. The maximum atomic E-state index is 12.9. The van der Waals surface area contributed by atoms with Crippen LogP contribution in [-0.4, -0.2) is 65.1 Å². The molecule has 7 heteroatoms. The zero-order chi connectivity index (χ0) is 18.4. The lowest BCUT2D eigenvalue weighted by Gasteiger charge is -2.38. The Hall–Kier alpha value is -2.15. The van der Waals surface area contributed by atoms with Crippen LogP contribution < -0.4 is 4.74 Å². The van der Waals surface area contributed by atoms with Gasteiger partial charge in [-0.1, -0.05) is 6.92 Å².